The molecule has 118 valence electrons. The van der Waals surface area contributed by atoms with E-state index in [9.17, 15) is 4.79 Å². The van der Waals surface area contributed by atoms with Crippen molar-refractivity contribution >= 4 is 49.1 Å². The van der Waals surface area contributed by atoms with Crippen molar-refractivity contribution in [2.75, 3.05) is 18.7 Å². The normalized spacial score (nSPS) is 12.6. The molecule has 0 bridgehead atoms. The van der Waals surface area contributed by atoms with E-state index < -0.39 is 5.97 Å². The van der Waals surface area contributed by atoms with Crippen LogP contribution in [0, 0.1) is 0 Å². The standard InChI is InChI=1S/C14H11N3O4S2/c1-2-19-12(18)8-5-22-13(16-8)17-14-15-7-3-9-10(21-6-20-9)4-11(7)23-14/h3-5H,2,6H2,1H3,(H,15,16,17). The number of anilines is 2. The summed E-state index contributed by atoms with van der Waals surface area (Å²) < 4.78 is 16.6. The summed E-state index contributed by atoms with van der Waals surface area (Å²) in [5.41, 5.74) is 1.12. The maximum absolute atomic E-state index is 11.6. The van der Waals surface area contributed by atoms with E-state index in [0.29, 0.717) is 28.3 Å². The molecular formula is C14H11N3O4S2. The van der Waals surface area contributed by atoms with Crippen LogP contribution in [0.5, 0.6) is 11.5 Å². The third-order valence-corrected chi connectivity index (χ3v) is 4.78. The first-order valence-electron chi connectivity index (χ1n) is 6.83. The van der Waals surface area contributed by atoms with Gasteiger partial charge in [-0.05, 0) is 6.92 Å². The van der Waals surface area contributed by atoms with Crippen LogP contribution in [-0.2, 0) is 4.74 Å². The molecule has 3 aromatic rings. The molecule has 0 fully saturated rings. The number of nitrogens with zero attached hydrogens (tertiary/aromatic N) is 2. The first-order valence-corrected chi connectivity index (χ1v) is 8.52. The van der Waals surface area contributed by atoms with Crippen molar-refractivity contribution in [3.8, 4) is 11.5 Å². The van der Waals surface area contributed by atoms with Crippen LogP contribution in [-0.4, -0.2) is 29.3 Å². The summed E-state index contributed by atoms with van der Waals surface area (Å²) in [5.74, 6) is 1.01. The molecule has 1 aromatic carbocycles. The second-order valence-electron chi connectivity index (χ2n) is 4.58. The number of fused-ring (bicyclic) bond motifs is 2. The average molecular weight is 349 g/mol. The van der Waals surface area contributed by atoms with Crippen molar-refractivity contribution in [1.82, 2.24) is 9.97 Å². The van der Waals surface area contributed by atoms with Gasteiger partial charge in [-0.25, -0.2) is 14.8 Å². The van der Waals surface area contributed by atoms with Crippen molar-refractivity contribution in [3.63, 3.8) is 0 Å². The molecular weight excluding hydrogens is 338 g/mol. The summed E-state index contributed by atoms with van der Waals surface area (Å²) in [6, 6.07) is 3.76. The molecule has 23 heavy (non-hydrogen) atoms. The second-order valence-corrected chi connectivity index (χ2v) is 6.46. The van der Waals surface area contributed by atoms with E-state index in [4.69, 9.17) is 14.2 Å². The Hall–Kier alpha value is -2.39. The van der Waals surface area contributed by atoms with Gasteiger partial charge in [0.15, 0.2) is 27.5 Å². The zero-order chi connectivity index (χ0) is 15.8. The topological polar surface area (TPSA) is 82.6 Å². The Morgan fingerprint density at radius 2 is 2.13 bits per heavy atom. The van der Waals surface area contributed by atoms with Crippen molar-refractivity contribution in [1.29, 1.82) is 0 Å². The summed E-state index contributed by atoms with van der Waals surface area (Å²) in [7, 11) is 0. The Morgan fingerprint density at radius 3 is 2.96 bits per heavy atom. The molecule has 0 radical (unpaired) electrons. The number of nitrogens with one attached hydrogen (secondary N) is 1. The minimum Gasteiger partial charge on any atom is -0.461 e. The molecule has 9 heteroatoms. The van der Waals surface area contributed by atoms with Crippen molar-refractivity contribution in [2.24, 2.45) is 0 Å². The van der Waals surface area contributed by atoms with Crippen LogP contribution in [0.3, 0.4) is 0 Å². The quantitative estimate of drug-likeness (QED) is 0.723. The third kappa shape index (κ3) is 2.68. The minimum atomic E-state index is -0.424. The fourth-order valence-corrected chi connectivity index (χ4v) is 3.71. The van der Waals surface area contributed by atoms with Gasteiger partial charge in [0, 0.05) is 17.5 Å². The number of hydrogen-bond acceptors (Lipinski definition) is 9. The second kappa shape index (κ2) is 5.67. The third-order valence-electron chi connectivity index (χ3n) is 3.09. The van der Waals surface area contributed by atoms with Gasteiger partial charge in [0.05, 0.1) is 16.8 Å². The predicted molar refractivity (Wildman–Crippen MR) is 87.1 cm³/mol. The summed E-state index contributed by atoms with van der Waals surface area (Å²) in [4.78, 5) is 20.3. The molecule has 0 unspecified atom stereocenters. The summed E-state index contributed by atoms with van der Waals surface area (Å²) >= 11 is 2.80. The van der Waals surface area contributed by atoms with Crippen molar-refractivity contribution in [2.45, 2.75) is 6.92 Å². The molecule has 0 aliphatic carbocycles. The van der Waals surface area contributed by atoms with Gasteiger partial charge in [0.2, 0.25) is 6.79 Å². The lowest BCUT2D eigenvalue weighted by Crippen LogP contribution is -2.04. The molecule has 0 amide bonds. The SMILES string of the molecule is CCOC(=O)c1csc(Nc2nc3cc4c(cc3s2)OCO4)n1. The fraction of sp³-hybridized carbons (Fsp3) is 0.214. The molecule has 7 nitrogen and oxygen atoms in total. The summed E-state index contributed by atoms with van der Waals surface area (Å²) in [6.45, 7) is 2.33. The zero-order valence-corrected chi connectivity index (χ0v) is 13.6. The first-order chi connectivity index (χ1) is 11.2. The highest BCUT2D eigenvalue weighted by Crippen LogP contribution is 2.39. The number of aromatic nitrogens is 2. The van der Waals surface area contributed by atoms with Crippen molar-refractivity contribution < 1.29 is 19.0 Å². The molecule has 1 N–H and O–H groups in total. The van der Waals surface area contributed by atoms with E-state index in [-0.39, 0.29) is 6.79 Å². The summed E-state index contributed by atoms with van der Waals surface area (Å²) in [5, 5.41) is 6.05. The van der Waals surface area contributed by atoms with Crippen LogP contribution >= 0.6 is 22.7 Å². The molecule has 1 aliphatic heterocycles. The van der Waals surface area contributed by atoms with Gasteiger partial charge < -0.3 is 19.5 Å². The van der Waals surface area contributed by atoms with Gasteiger partial charge in [0.25, 0.3) is 0 Å². The van der Waals surface area contributed by atoms with E-state index in [1.54, 1.807) is 12.3 Å². The molecule has 3 heterocycles. The van der Waals surface area contributed by atoms with Gasteiger partial charge in [-0.1, -0.05) is 11.3 Å². The number of thiazole rings is 2. The maximum atomic E-state index is 11.6. The number of ether oxygens (including phenoxy) is 3. The zero-order valence-electron chi connectivity index (χ0n) is 12.0. The Kier molecular flexibility index (Phi) is 3.50. The number of esters is 1. The highest BCUT2D eigenvalue weighted by molar-refractivity contribution is 7.22. The lowest BCUT2D eigenvalue weighted by Gasteiger charge is -1.97. The Bertz CT molecular complexity index is 848. The van der Waals surface area contributed by atoms with Gasteiger partial charge >= 0.3 is 5.97 Å². The van der Waals surface area contributed by atoms with E-state index in [2.05, 4.69) is 15.3 Å². The number of rotatable bonds is 4. The predicted octanol–water partition coefficient (Wildman–Crippen LogP) is 3.40. The molecule has 0 saturated heterocycles. The van der Waals surface area contributed by atoms with E-state index >= 15 is 0 Å². The number of carbonyl (C=O) groups excluding carboxylic acids is 1. The molecule has 2 aromatic heterocycles. The number of hydrogen-bond donors (Lipinski definition) is 1. The lowest BCUT2D eigenvalue weighted by molar-refractivity contribution is 0.0520. The lowest BCUT2D eigenvalue weighted by atomic mass is 10.3. The highest BCUT2D eigenvalue weighted by Gasteiger charge is 2.17. The van der Waals surface area contributed by atoms with Crippen LogP contribution in [0.4, 0.5) is 10.3 Å². The number of carbonyl (C=O) groups is 1. The molecule has 4 rings (SSSR count). The van der Waals surface area contributed by atoms with Crippen LogP contribution in [0.1, 0.15) is 17.4 Å². The maximum Gasteiger partial charge on any atom is 0.357 e. The summed E-state index contributed by atoms with van der Waals surface area (Å²) in [6.07, 6.45) is 0. The van der Waals surface area contributed by atoms with Crippen LogP contribution in [0.15, 0.2) is 17.5 Å². The van der Waals surface area contributed by atoms with Gasteiger partial charge in [-0.15, -0.1) is 11.3 Å². The Morgan fingerprint density at radius 1 is 1.30 bits per heavy atom. The largest absolute Gasteiger partial charge is 0.461 e. The van der Waals surface area contributed by atoms with Gasteiger partial charge in [0.1, 0.15) is 0 Å². The van der Waals surface area contributed by atoms with E-state index in [1.165, 1.54) is 22.7 Å². The van der Waals surface area contributed by atoms with Gasteiger partial charge in [-0.3, -0.25) is 0 Å². The Labute approximate surface area is 138 Å². The van der Waals surface area contributed by atoms with Crippen LogP contribution in [0.2, 0.25) is 0 Å². The molecule has 0 spiro atoms. The van der Waals surface area contributed by atoms with Crippen LogP contribution in [0.25, 0.3) is 10.2 Å². The van der Waals surface area contributed by atoms with Crippen LogP contribution < -0.4 is 14.8 Å². The fourth-order valence-electron chi connectivity index (χ4n) is 2.09. The van der Waals surface area contributed by atoms with E-state index in [0.717, 1.165) is 16.0 Å². The van der Waals surface area contributed by atoms with E-state index in [1.807, 2.05) is 12.1 Å². The highest BCUT2D eigenvalue weighted by atomic mass is 32.1. The van der Waals surface area contributed by atoms with Crippen molar-refractivity contribution in [3.05, 3.63) is 23.2 Å². The first kappa shape index (κ1) is 14.2. The average Bonchev–Trinajstić information content (AvgIpc) is 3.23. The smallest absolute Gasteiger partial charge is 0.357 e. The molecule has 0 atom stereocenters. The molecule has 1 aliphatic rings. The molecule has 0 saturated carbocycles. The van der Waals surface area contributed by atoms with Gasteiger partial charge in [-0.2, -0.15) is 0 Å². The Balaban J connectivity index is 1.57. The number of benzene rings is 1. The minimum absolute atomic E-state index is 0.244. The monoisotopic (exact) mass is 349 g/mol.